The molecule has 1 aliphatic carbocycles. The zero-order chi connectivity index (χ0) is 30.5. The van der Waals surface area contributed by atoms with Crippen LogP contribution in [-0.4, -0.2) is 66.3 Å². The molecule has 3 heterocycles. The van der Waals surface area contributed by atoms with Gasteiger partial charge in [0.15, 0.2) is 11.5 Å². The molecule has 1 saturated carbocycles. The van der Waals surface area contributed by atoms with Crippen LogP contribution in [0.3, 0.4) is 0 Å². The number of methoxy groups -OCH3 is 1. The second kappa shape index (κ2) is 11.2. The number of benzene rings is 2. The van der Waals surface area contributed by atoms with Crippen LogP contribution in [-0.2, 0) is 13.0 Å². The van der Waals surface area contributed by atoms with Gasteiger partial charge in [0.25, 0.3) is 0 Å². The van der Waals surface area contributed by atoms with Crippen molar-refractivity contribution in [2.75, 3.05) is 44.8 Å². The number of hydrogen-bond acceptors (Lipinski definition) is 6. The van der Waals surface area contributed by atoms with Gasteiger partial charge in [-0.25, -0.2) is 18.4 Å². The van der Waals surface area contributed by atoms with E-state index in [1.165, 1.54) is 0 Å². The van der Waals surface area contributed by atoms with Crippen molar-refractivity contribution in [3.05, 3.63) is 63.1 Å². The first-order valence-corrected chi connectivity index (χ1v) is 14.7. The fourth-order valence-electron chi connectivity index (χ4n) is 6.62. The van der Waals surface area contributed by atoms with Gasteiger partial charge < -0.3 is 24.6 Å². The zero-order valence-electron chi connectivity index (χ0n) is 25.0. The number of rotatable bonds is 9. The number of halogens is 2. The minimum Gasteiger partial charge on any atom is -0.493 e. The van der Waals surface area contributed by atoms with Gasteiger partial charge in [0.1, 0.15) is 5.82 Å². The van der Waals surface area contributed by atoms with Crippen LogP contribution in [0.25, 0.3) is 11.3 Å². The van der Waals surface area contributed by atoms with Gasteiger partial charge in [-0.05, 0) is 56.0 Å². The summed E-state index contributed by atoms with van der Waals surface area (Å²) in [5, 5.41) is 2.85. The molecule has 2 amide bonds. The summed E-state index contributed by atoms with van der Waals surface area (Å²) in [5.41, 5.74) is 6.38. The molecule has 1 saturated heterocycles. The van der Waals surface area contributed by atoms with Gasteiger partial charge in [-0.2, -0.15) is 4.98 Å². The summed E-state index contributed by atoms with van der Waals surface area (Å²) in [6.07, 6.45) is 0.269. The van der Waals surface area contributed by atoms with Crippen molar-refractivity contribution in [3.8, 4) is 22.8 Å². The minimum absolute atomic E-state index is 0.0964. The summed E-state index contributed by atoms with van der Waals surface area (Å²) in [7, 11) is 1.54. The predicted octanol–water partition coefficient (Wildman–Crippen LogP) is 4.99. The van der Waals surface area contributed by atoms with Gasteiger partial charge in [0.05, 0.1) is 19.4 Å². The normalized spacial score (nSPS) is 17.2. The molecule has 2 aliphatic heterocycles. The fourth-order valence-corrected chi connectivity index (χ4v) is 6.62. The summed E-state index contributed by atoms with van der Waals surface area (Å²) in [4.78, 5) is 34.1. The van der Waals surface area contributed by atoms with Crippen LogP contribution < -0.4 is 25.4 Å². The lowest BCUT2D eigenvalue weighted by Crippen LogP contribution is -2.38. The second-order valence-electron chi connectivity index (χ2n) is 11.9. The molecule has 43 heavy (non-hydrogen) atoms. The standard InChI is InChI=1S/C32H37F2N5O4/c1-19-11-20(2)29(21(3)12-19)39(10-9-37-8-6-35-30(37)40)28-15-25-24-14-26(42-4)27(43-18-22-16-32(33,34)17-22)13-23(24)5-7-38(25)31(41)36-28/h11-15,22H,5-10,16-18H2,1-4H3,(H,35,40). The van der Waals surface area contributed by atoms with E-state index in [0.29, 0.717) is 62.2 Å². The minimum atomic E-state index is -2.60. The van der Waals surface area contributed by atoms with E-state index in [4.69, 9.17) is 9.47 Å². The lowest BCUT2D eigenvalue weighted by atomic mass is 9.82. The van der Waals surface area contributed by atoms with Gasteiger partial charge in [0, 0.05) is 68.8 Å². The Hall–Kier alpha value is -4.15. The number of aromatic nitrogens is 2. The third-order valence-electron chi connectivity index (χ3n) is 8.64. The predicted molar refractivity (Wildman–Crippen MR) is 160 cm³/mol. The summed E-state index contributed by atoms with van der Waals surface area (Å²) in [5.74, 6) is -1.29. The van der Waals surface area contributed by atoms with Gasteiger partial charge in [-0.15, -0.1) is 0 Å². The highest BCUT2D eigenvalue weighted by molar-refractivity contribution is 5.77. The quantitative estimate of drug-likeness (QED) is 0.376. The van der Waals surface area contributed by atoms with Gasteiger partial charge in [0.2, 0.25) is 5.92 Å². The number of carbonyl (C=O) groups is 1. The van der Waals surface area contributed by atoms with Crippen LogP contribution in [0, 0.1) is 26.7 Å². The van der Waals surface area contributed by atoms with Gasteiger partial charge in [-0.1, -0.05) is 17.7 Å². The van der Waals surface area contributed by atoms with Crippen molar-refractivity contribution in [2.24, 2.45) is 5.92 Å². The maximum Gasteiger partial charge on any atom is 0.350 e. The molecule has 2 aromatic carbocycles. The Labute approximate surface area is 249 Å². The Morgan fingerprint density at radius 2 is 1.79 bits per heavy atom. The molecule has 6 rings (SSSR count). The van der Waals surface area contributed by atoms with E-state index in [1.807, 2.05) is 36.9 Å². The smallest absolute Gasteiger partial charge is 0.350 e. The molecule has 0 bridgehead atoms. The fraction of sp³-hybridized carbons (Fsp3) is 0.469. The molecule has 2 fully saturated rings. The summed E-state index contributed by atoms with van der Waals surface area (Å²) < 4.78 is 39.9. The number of nitrogens with zero attached hydrogens (tertiary/aromatic N) is 4. The highest BCUT2D eigenvalue weighted by Crippen LogP contribution is 2.44. The highest BCUT2D eigenvalue weighted by atomic mass is 19.3. The number of nitrogens with one attached hydrogen (secondary N) is 1. The summed E-state index contributed by atoms with van der Waals surface area (Å²) in [6, 6.07) is 9.80. The van der Waals surface area contributed by atoms with E-state index in [9.17, 15) is 18.4 Å². The first kappa shape index (κ1) is 28.9. The van der Waals surface area contributed by atoms with E-state index in [0.717, 1.165) is 33.5 Å². The van der Waals surface area contributed by atoms with E-state index in [-0.39, 0.29) is 37.1 Å². The maximum absolute atomic E-state index is 13.5. The molecule has 0 spiro atoms. The van der Waals surface area contributed by atoms with Crippen LogP contribution in [0.5, 0.6) is 11.5 Å². The lowest BCUT2D eigenvalue weighted by Gasteiger charge is -2.34. The van der Waals surface area contributed by atoms with E-state index >= 15 is 0 Å². The largest absolute Gasteiger partial charge is 0.493 e. The Balaban J connectivity index is 1.37. The van der Waals surface area contributed by atoms with Gasteiger partial charge in [-0.3, -0.25) is 4.57 Å². The van der Waals surface area contributed by atoms with Crippen LogP contribution in [0.2, 0.25) is 0 Å². The molecule has 11 heteroatoms. The second-order valence-corrected chi connectivity index (χ2v) is 11.9. The van der Waals surface area contributed by atoms with Crippen molar-refractivity contribution in [2.45, 2.75) is 52.5 Å². The lowest BCUT2D eigenvalue weighted by molar-refractivity contribution is -0.119. The maximum atomic E-state index is 13.5. The first-order valence-electron chi connectivity index (χ1n) is 14.7. The first-order chi connectivity index (χ1) is 20.5. The molecule has 1 N–H and O–H groups in total. The number of hydrogen-bond donors (Lipinski definition) is 1. The summed E-state index contributed by atoms with van der Waals surface area (Å²) in [6.45, 7) is 8.95. The molecular formula is C32H37F2N5O4. The number of aryl methyl sites for hydroxylation is 4. The van der Waals surface area contributed by atoms with Crippen molar-refractivity contribution in [1.82, 2.24) is 19.8 Å². The molecule has 1 aromatic heterocycles. The van der Waals surface area contributed by atoms with Crippen LogP contribution in [0.4, 0.5) is 25.1 Å². The van der Waals surface area contributed by atoms with Crippen LogP contribution in [0.1, 0.15) is 35.1 Å². The Kier molecular flexibility index (Phi) is 7.52. The monoisotopic (exact) mass is 593 g/mol. The molecule has 0 atom stereocenters. The van der Waals surface area contributed by atoms with Crippen molar-refractivity contribution >= 4 is 17.5 Å². The Morgan fingerprint density at radius 1 is 1.05 bits per heavy atom. The Morgan fingerprint density at radius 3 is 2.44 bits per heavy atom. The van der Waals surface area contributed by atoms with E-state index < -0.39 is 5.92 Å². The molecule has 3 aliphatic rings. The molecule has 9 nitrogen and oxygen atoms in total. The van der Waals surface area contributed by atoms with E-state index in [2.05, 4.69) is 29.4 Å². The average Bonchev–Trinajstić information content (AvgIpc) is 3.35. The van der Waals surface area contributed by atoms with Crippen molar-refractivity contribution in [3.63, 3.8) is 0 Å². The van der Waals surface area contributed by atoms with Gasteiger partial charge >= 0.3 is 11.7 Å². The zero-order valence-corrected chi connectivity index (χ0v) is 25.0. The number of alkyl halides is 2. The number of carbonyl (C=O) groups excluding carboxylic acids is 1. The molecule has 228 valence electrons. The van der Waals surface area contributed by atoms with Crippen LogP contribution in [0.15, 0.2) is 35.1 Å². The number of fused-ring (bicyclic) bond motifs is 3. The molecular weight excluding hydrogens is 556 g/mol. The topological polar surface area (TPSA) is 88.9 Å². The number of anilines is 2. The van der Waals surface area contributed by atoms with Crippen molar-refractivity contribution < 1.29 is 23.0 Å². The third-order valence-corrected chi connectivity index (χ3v) is 8.64. The van der Waals surface area contributed by atoms with E-state index in [1.54, 1.807) is 16.6 Å². The number of urea groups is 1. The summed E-state index contributed by atoms with van der Waals surface area (Å²) >= 11 is 0. The number of amides is 2. The highest BCUT2D eigenvalue weighted by Gasteiger charge is 2.45. The molecule has 0 unspecified atom stereocenters. The molecule has 3 aromatic rings. The molecule has 0 radical (unpaired) electrons. The average molecular weight is 594 g/mol. The van der Waals surface area contributed by atoms with Crippen LogP contribution >= 0.6 is 0 Å². The SMILES string of the molecule is COc1cc2c(cc1OCC1CC(F)(F)C1)CCn1c-2cc(N(CCN2CCNC2=O)c2c(C)cc(C)cc2C)nc1=O. The van der Waals surface area contributed by atoms with Crippen molar-refractivity contribution in [1.29, 1.82) is 0 Å². The number of ether oxygens (including phenoxy) is 2. The third kappa shape index (κ3) is 5.64. The Bertz CT molecular complexity index is 1610.